The van der Waals surface area contributed by atoms with Crippen LogP contribution in [0.25, 0.3) is 27.9 Å². The molecule has 706 valence electrons. The lowest BCUT2D eigenvalue weighted by atomic mass is 9.82. The zero-order valence-electron chi connectivity index (χ0n) is 79.0. The van der Waals surface area contributed by atoms with Crippen molar-refractivity contribution >= 4 is 115 Å². The van der Waals surface area contributed by atoms with E-state index in [0.29, 0.717) is 181 Å². The van der Waals surface area contributed by atoms with Gasteiger partial charge in [0.05, 0.1) is 39.0 Å². The second kappa shape index (κ2) is 38.0. The fourth-order valence-electron chi connectivity index (χ4n) is 18.6. The number of carbonyl (C=O) groups excluding carboxylic acids is 5. The maximum absolute atomic E-state index is 13.7. The summed E-state index contributed by atoms with van der Waals surface area (Å²) >= 11 is 0. The Morgan fingerprint density at radius 2 is 0.521 bits per heavy atom. The number of benzene rings is 10. The van der Waals surface area contributed by atoms with Gasteiger partial charge in [0.15, 0.2) is 28.9 Å². The lowest BCUT2D eigenvalue weighted by molar-refractivity contribution is -0.138. The molecule has 10 aromatic rings. The second-order valence-corrected chi connectivity index (χ2v) is 35.7. The highest BCUT2D eigenvalue weighted by Crippen LogP contribution is 2.46. The number of likely N-dealkylation sites (N-methyl/N-ethyl adjacent to an activating group) is 2. The minimum atomic E-state index is -4.45. The van der Waals surface area contributed by atoms with Crippen molar-refractivity contribution in [3.63, 3.8) is 0 Å². The maximum atomic E-state index is 13.7. The zero-order valence-corrected chi connectivity index (χ0v) is 79.0. The minimum Gasteiger partial charge on any atom is -0.347 e. The Morgan fingerprint density at radius 1 is 0.279 bits per heavy atom. The average molecular weight is 1890 g/mol. The maximum Gasteiger partial charge on any atom is 0.416 e. The standard InChI is InChI=1S/C24H21F3N4O.C23H21FN4O.C22H21N3O.C21H16F3N3O.C20H16FN3O/c1-14-13-15(24(25,26)27)7-8-16(14)19-21-20(17-5-3-4-6-18(17)22(19)32)28-23(29-21)31-11-9-30(2)10-12-31;1-14-13-15(24)7-8-16(14)19-21-20(17-5-3-4-6-18(17)22(19)29)25-23(26-21)28-11-9-27(2)10-12-28;1-4-25(5-2)22-23-19-16-12-8-9-13-17(16)21(26)18(20(19)24-22)15-11-7-6-10-14(15)3;1-11-10-12(21(22,23)24)8-9-13(11)16-18-17(25-20(26-18)27(2)3)14-6-4-5-7-15(14)19(16)28;1-11-10-12(21)8-9-13(11)16-18-17(22-20(23-18)24(2)3)14-6-4-5-7-15(14)19(16)25/h3-8,13H,9-12H2,1-2H3;3-8,13H,9-12H2,1-2H3;6-13H,4-5H2,1-3H3;4-10H,1-3H3;4-10H,1-3H3. The van der Waals surface area contributed by atoms with Crippen LogP contribution in [0.5, 0.6) is 0 Å². The van der Waals surface area contributed by atoms with Crippen molar-refractivity contribution in [1.29, 1.82) is 0 Å². The van der Waals surface area contributed by atoms with Crippen LogP contribution in [-0.4, -0.2) is 229 Å². The molecule has 2 saturated heterocycles. The predicted molar refractivity (Wildman–Crippen MR) is 533 cm³/mol. The van der Waals surface area contributed by atoms with Crippen LogP contribution < -0.4 is 0 Å². The number of fused-ring (bicyclic) bond motifs is 15. The number of halogens is 8. The number of guanidine groups is 5. The number of Topliss-reactive ketones (excluding diaryl/α,β-unsaturated/α-hetero) is 5. The number of piperazine rings is 2. The Bertz CT molecular complexity index is 7490. The molecule has 30 heteroatoms. The number of aliphatic imine (C=N–C) groups is 10. The van der Waals surface area contributed by atoms with Crippen molar-refractivity contribution in [3.05, 3.63) is 381 Å². The molecule has 0 spiro atoms. The zero-order chi connectivity index (χ0) is 98.9. The summed E-state index contributed by atoms with van der Waals surface area (Å²) in [5, 5.41) is 0. The van der Waals surface area contributed by atoms with E-state index in [1.807, 2.05) is 137 Å². The van der Waals surface area contributed by atoms with E-state index in [1.54, 1.807) is 93.2 Å². The Hall–Kier alpha value is -15.7. The van der Waals surface area contributed by atoms with Crippen molar-refractivity contribution in [2.24, 2.45) is 49.9 Å². The van der Waals surface area contributed by atoms with Gasteiger partial charge in [0.2, 0.25) is 29.8 Å². The summed E-state index contributed by atoms with van der Waals surface area (Å²) in [5.41, 5.74) is 19.9. The van der Waals surface area contributed by atoms with Gasteiger partial charge in [-0.25, -0.2) is 58.7 Å². The molecule has 7 heterocycles. The lowest BCUT2D eigenvalue weighted by Crippen LogP contribution is -2.46. The van der Waals surface area contributed by atoms with Gasteiger partial charge in [-0.15, -0.1) is 0 Å². The van der Waals surface area contributed by atoms with Gasteiger partial charge in [-0.3, -0.25) is 24.0 Å². The number of hydrogen-bond acceptors (Lipinski definition) is 22. The third-order valence-corrected chi connectivity index (χ3v) is 26.1. The molecular weight excluding hydrogens is 1790 g/mol. The van der Waals surface area contributed by atoms with Crippen LogP contribution in [0, 0.1) is 46.3 Å². The highest BCUT2D eigenvalue weighted by atomic mass is 19.4. The normalized spacial score (nSPS) is 17.1. The van der Waals surface area contributed by atoms with Crippen molar-refractivity contribution in [2.75, 3.05) is 108 Å². The Balaban J connectivity index is 0.000000116. The van der Waals surface area contributed by atoms with Crippen molar-refractivity contribution < 1.29 is 59.1 Å². The molecule has 0 amide bonds. The van der Waals surface area contributed by atoms with E-state index in [2.05, 4.69) is 72.4 Å². The summed E-state index contributed by atoms with van der Waals surface area (Å²) in [4.78, 5) is 128. The first-order valence-electron chi connectivity index (χ1n) is 45.8. The summed E-state index contributed by atoms with van der Waals surface area (Å²) < 4.78 is 106. The molecule has 5 aliphatic carbocycles. The predicted octanol–water partition coefficient (Wildman–Crippen LogP) is 19.1. The molecule has 0 bridgehead atoms. The largest absolute Gasteiger partial charge is 0.416 e. The van der Waals surface area contributed by atoms with Gasteiger partial charge in [-0.05, 0) is 167 Å². The molecule has 22 nitrogen and oxygen atoms in total. The first-order valence-corrected chi connectivity index (χ1v) is 45.8. The number of alkyl halides is 6. The molecule has 7 aliphatic heterocycles. The van der Waals surface area contributed by atoms with Crippen LogP contribution in [0.3, 0.4) is 0 Å². The van der Waals surface area contributed by atoms with Gasteiger partial charge in [0.1, 0.15) is 68.7 Å². The minimum absolute atomic E-state index is 0.0217. The van der Waals surface area contributed by atoms with Gasteiger partial charge in [-0.1, -0.05) is 170 Å². The van der Waals surface area contributed by atoms with E-state index in [4.69, 9.17) is 30.0 Å². The topological polar surface area (TPSA) is 232 Å². The van der Waals surface area contributed by atoms with Gasteiger partial charge < -0.3 is 34.3 Å². The fraction of sp³-hybridized carbons (Fsp3) is 0.227. The molecule has 0 N–H and O–H groups in total. The van der Waals surface area contributed by atoms with Crippen LogP contribution in [-0.2, 0) is 12.4 Å². The first kappa shape index (κ1) is 94.7. The van der Waals surface area contributed by atoms with E-state index in [0.717, 1.165) is 129 Å². The quantitative estimate of drug-likeness (QED) is 0.136. The van der Waals surface area contributed by atoms with Crippen molar-refractivity contribution in [3.8, 4) is 0 Å². The van der Waals surface area contributed by atoms with Gasteiger partial charge in [0, 0.05) is 149 Å². The van der Waals surface area contributed by atoms with Gasteiger partial charge in [-0.2, -0.15) is 26.3 Å². The number of ketones is 5. The van der Waals surface area contributed by atoms with Crippen LogP contribution in [0.1, 0.15) is 160 Å². The summed E-state index contributed by atoms with van der Waals surface area (Å²) in [6.07, 6.45) is -8.89. The van der Waals surface area contributed by atoms with E-state index in [9.17, 15) is 59.1 Å². The molecule has 0 atom stereocenters. The SMILES string of the molecule is CCN(CC)C1=NC2=C(c3ccccc3C)C(=O)c3ccccc3C2=N1.Cc1cc(C(F)(F)F)ccc1C1=C2N=C(N(C)C)N=C2c2ccccc2C1=O.Cc1cc(C(F)(F)F)ccc1C1=C2N=C(N3CCN(C)CC3)N=C2c2ccccc2C1=O.Cc1cc(F)ccc1C1=C2N=C(N(C)C)N=C2c2ccccc2C1=O.Cc1cc(F)ccc1C1=C2N=C(N3CCN(C)CC3)N=C2c2ccccc2C1=O. The van der Waals surface area contributed by atoms with Crippen molar-refractivity contribution in [2.45, 2.75) is 60.8 Å². The smallest absolute Gasteiger partial charge is 0.347 e. The molecule has 0 saturated carbocycles. The molecule has 10 aromatic carbocycles. The van der Waals surface area contributed by atoms with E-state index >= 15 is 0 Å². The fourth-order valence-corrected chi connectivity index (χ4v) is 18.6. The summed E-state index contributed by atoms with van der Waals surface area (Å²) in [6, 6.07) is 60.6. The molecule has 12 aliphatic rings. The molecule has 140 heavy (non-hydrogen) atoms. The molecule has 22 rings (SSSR count). The number of rotatable bonds is 7. The highest BCUT2D eigenvalue weighted by Gasteiger charge is 2.44. The third kappa shape index (κ3) is 17.8. The van der Waals surface area contributed by atoms with Crippen LogP contribution >= 0.6 is 0 Å². The summed E-state index contributed by atoms with van der Waals surface area (Å²) in [7, 11) is 11.5. The Kier molecular flexibility index (Phi) is 25.7. The Morgan fingerprint density at radius 3 is 0.793 bits per heavy atom. The van der Waals surface area contributed by atoms with E-state index in [1.165, 1.54) is 36.4 Å². The second-order valence-electron chi connectivity index (χ2n) is 35.7. The number of hydrogen-bond donors (Lipinski definition) is 0. The van der Waals surface area contributed by atoms with Gasteiger partial charge in [0.25, 0.3) is 0 Å². The monoisotopic (exact) mass is 1890 g/mol. The van der Waals surface area contributed by atoms with Crippen LogP contribution in [0.15, 0.2) is 297 Å². The van der Waals surface area contributed by atoms with E-state index in [-0.39, 0.29) is 46.1 Å². The van der Waals surface area contributed by atoms with Crippen molar-refractivity contribution in [1.82, 2.24) is 34.3 Å². The molecular formula is C110H95F8N17O5. The molecule has 2 fully saturated rings. The molecule has 0 aromatic heterocycles. The van der Waals surface area contributed by atoms with Crippen LogP contribution in [0.4, 0.5) is 35.1 Å². The van der Waals surface area contributed by atoms with Crippen LogP contribution in [0.2, 0.25) is 0 Å². The average Bonchev–Trinajstić information content (AvgIpc) is 1.57. The Labute approximate surface area is 803 Å². The van der Waals surface area contributed by atoms with E-state index < -0.39 is 23.5 Å². The third-order valence-electron chi connectivity index (χ3n) is 26.1. The molecule has 0 radical (unpaired) electrons. The first-order chi connectivity index (χ1) is 67.1. The highest BCUT2D eigenvalue weighted by molar-refractivity contribution is 6.48. The number of nitrogens with zero attached hydrogens (tertiary/aromatic N) is 17. The lowest BCUT2D eigenvalue weighted by Gasteiger charge is -2.32. The number of aryl methyl sites for hydroxylation is 5. The summed E-state index contributed by atoms with van der Waals surface area (Å²) in [5.74, 6) is 1.55. The number of carbonyl (C=O) groups is 5. The summed E-state index contributed by atoms with van der Waals surface area (Å²) in [6.45, 7) is 21.5. The number of allylic oxidation sites excluding steroid dienone is 10. The molecule has 0 unspecified atom stereocenters. The van der Waals surface area contributed by atoms with Gasteiger partial charge >= 0.3 is 12.4 Å².